The van der Waals surface area contributed by atoms with Crippen LogP contribution in [-0.4, -0.2) is 41.9 Å². The molecule has 1 aliphatic heterocycles. The number of rotatable bonds is 6. The first-order chi connectivity index (χ1) is 15.2. The Labute approximate surface area is 190 Å². The molecule has 0 bridgehead atoms. The Balaban J connectivity index is 1.42. The monoisotopic (exact) mass is 478 g/mol. The van der Waals surface area contributed by atoms with Gasteiger partial charge in [0.25, 0.3) is 0 Å². The molecule has 0 saturated carbocycles. The molecule has 2 aromatic heterocycles. The van der Waals surface area contributed by atoms with Gasteiger partial charge in [-0.25, -0.2) is 8.42 Å². The molecule has 1 saturated heterocycles. The molecule has 3 aromatic rings. The standard InChI is InChI=1S/C21H23ClN4O5S/c1-13-3-5-17(30-13)12-23-21(27)15-7-9-26(10-8-15)32(28,29)19-11-16(4-6-18(19)22)20-24-14(2)31-25-20/h3-6,11,15H,7-10,12H2,1-2H3,(H,23,27). The Morgan fingerprint density at radius 2 is 1.97 bits per heavy atom. The quantitative estimate of drug-likeness (QED) is 0.577. The smallest absolute Gasteiger partial charge is 0.244 e. The zero-order valence-corrected chi connectivity index (χ0v) is 19.2. The lowest BCUT2D eigenvalue weighted by Gasteiger charge is -2.30. The molecular weight excluding hydrogens is 456 g/mol. The molecule has 0 aliphatic carbocycles. The number of nitrogens with zero attached hydrogens (tertiary/aromatic N) is 3. The van der Waals surface area contributed by atoms with E-state index in [-0.39, 0.29) is 40.7 Å². The summed E-state index contributed by atoms with van der Waals surface area (Å²) >= 11 is 6.23. The van der Waals surface area contributed by atoms with Gasteiger partial charge in [0.1, 0.15) is 16.4 Å². The molecule has 170 valence electrons. The summed E-state index contributed by atoms with van der Waals surface area (Å²) in [7, 11) is -3.85. The van der Waals surface area contributed by atoms with E-state index in [1.807, 2.05) is 19.1 Å². The van der Waals surface area contributed by atoms with E-state index < -0.39 is 10.0 Å². The van der Waals surface area contributed by atoms with Gasteiger partial charge in [-0.3, -0.25) is 4.79 Å². The maximum atomic E-state index is 13.3. The van der Waals surface area contributed by atoms with E-state index in [0.29, 0.717) is 36.6 Å². The zero-order chi connectivity index (χ0) is 22.9. The van der Waals surface area contributed by atoms with Gasteiger partial charge in [-0.1, -0.05) is 16.8 Å². The van der Waals surface area contributed by atoms with Crippen LogP contribution in [0.2, 0.25) is 5.02 Å². The molecule has 0 atom stereocenters. The van der Waals surface area contributed by atoms with Crippen molar-refractivity contribution in [2.45, 2.75) is 38.1 Å². The summed E-state index contributed by atoms with van der Waals surface area (Å²) in [6.07, 6.45) is 0.840. The van der Waals surface area contributed by atoms with E-state index in [0.717, 1.165) is 5.76 Å². The van der Waals surface area contributed by atoms with Crippen LogP contribution in [0.3, 0.4) is 0 Å². The van der Waals surface area contributed by atoms with Crippen LogP contribution in [0.1, 0.15) is 30.3 Å². The fourth-order valence-corrected chi connectivity index (χ4v) is 5.62. The third kappa shape index (κ3) is 4.72. The summed E-state index contributed by atoms with van der Waals surface area (Å²) < 4.78 is 38.3. The first kappa shape index (κ1) is 22.5. The first-order valence-corrected chi connectivity index (χ1v) is 12.0. The lowest BCUT2D eigenvalue weighted by atomic mass is 9.97. The second-order valence-electron chi connectivity index (χ2n) is 7.69. The summed E-state index contributed by atoms with van der Waals surface area (Å²) in [5.41, 5.74) is 0.493. The molecule has 0 unspecified atom stereocenters. The Morgan fingerprint density at radius 1 is 1.22 bits per heavy atom. The van der Waals surface area contributed by atoms with Crippen molar-refractivity contribution in [2.24, 2.45) is 5.92 Å². The number of hydrogen-bond donors (Lipinski definition) is 1. The highest BCUT2D eigenvalue weighted by molar-refractivity contribution is 7.89. The van der Waals surface area contributed by atoms with Crippen LogP contribution < -0.4 is 5.32 Å². The summed E-state index contributed by atoms with van der Waals surface area (Å²) in [4.78, 5) is 16.6. The van der Waals surface area contributed by atoms with Gasteiger partial charge in [-0.15, -0.1) is 0 Å². The predicted octanol–water partition coefficient (Wildman–Crippen LogP) is 3.32. The number of furan rings is 1. The van der Waals surface area contributed by atoms with Crippen LogP contribution in [0.15, 0.2) is 44.2 Å². The molecule has 32 heavy (non-hydrogen) atoms. The number of piperidine rings is 1. The van der Waals surface area contributed by atoms with Crippen LogP contribution in [0, 0.1) is 19.8 Å². The number of nitrogens with one attached hydrogen (secondary N) is 1. The van der Waals surface area contributed by atoms with Crippen LogP contribution in [0.25, 0.3) is 11.4 Å². The number of aryl methyl sites for hydroxylation is 2. The molecule has 1 N–H and O–H groups in total. The van der Waals surface area contributed by atoms with Crippen molar-refractivity contribution in [1.82, 2.24) is 19.8 Å². The number of benzene rings is 1. The largest absolute Gasteiger partial charge is 0.465 e. The summed E-state index contributed by atoms with van der Waals surface area (Å²) in [5, 5.41) is 6.81. The van der Waals surface area contributed by atoms with Crippen molar-refractivity contribution in [3.8, 4) is 11.4 Å². The van der Waals surface area contributed by atoms with Gasteiger partial charge >= 0.3 is 0 Å². The molecule has 11 heteroatoms. The molecule has 4 rings (SSSR count). The number of aromatic nitrogens is 2. The molecule has 9 nitrogen and oxygen atoms in total. The van der Waals surface area contributed by atoms with E-state index >= 15 is 0 Å². The Kier molecular flexibility index (Phi) is 6.36. The van der Waals surface area contributed by atoms with Crippen LogP contribution >= 0.6 is 11.6 Å². The maximum absolute atomic E-state index is 13.3. The van der Waals surface area contributed by atoms with E-state index in [2.05, 4.69) is 15.5 Å². The van der Waals surface area contributed by atoms with E-state index in [9.17, 15) is 13.2 Å². The SMILES string of the molecule is Cc1ccc(CNC(=O)C2CCN(S(=O)(=O)c3cc(-c4noc(C)n4)ccc3Cl)CC2)o1. The van der Waals surface area contributed by atoms with E-state index in [1.54, 1.807) is 13.0 Å². The van der Waals surface area contributed by atoms with Crippen molar-refractivity contribution in [1.29, 1.82) is 0 Å². The lowest BCUT2D eigenvalue weighted by molar-refractivity contribution is -0.126. The third-order valence-corrected chi connectivity index (χ3v) is 7.77. The number of carbonyl (C=O) groups excluding carboxylic acids is 1. The van der Waals surface area contributed by atoms with Crippen molar-refractivity contribution >= 4 is 27.5 Å². The van der Waals surface area contributed by atoms with Gasteiger partial charge < -0.3 is 14.3 Å². The van der Waals surface area contributed by atoms with Crippen molar-refractivity contribution in [2.75, 3.05) is 13.1 Å². The molecule has 1 aromatic carbocycles. The third-order valence-electron chi connectivity index (χ3n) is 5.39. The predicted molar refractivity (Wildman–Crippen MR) is 116 cm³/mol. The Hall–Kier alpha value is -2.69. The minimum atomic E-state index is -3.85. The molecule has 1 fully saturated rings. The normalized spacial score (nSPS) is 15.7. The number of hydrogen-bond acceptors (Lipinski definition) is 7. The molecule has 0 spiro atoms. The Morgan fingerprint density at radius 3 is 2.59 bits per heavy atom. The minimum Gasteiger partial charge on any atom is -0.465 e. The fourth-order valence-electron chi connectivity index (χ4n) is 3.65. The molecule has 3 heterocycles. The van der Waals surface area contributed by atoms with Gasteiger partial charge in [0.05, 0.1) is 11.6 Å². The first-order valence-electron chi connectivity index (χ1n) is 10.2. The van der Waals surface area contributed by atoms with Gasteiger partial charge in [0.15, 0.2) is 0 Å². The topological polar surface area (TPSA) is 119 Å². The second-order valence-corrected chi connectivity index (χ2v) is 10.0. The van der Waals surface area contributed by atoms with E-state index in [4.69, 9.17) is 20.5 Å². The molecule has 0 radical (unpaired) electrons. The highest BCUT2D eigenvalue weighted by atomic mass is 35.5. The number of sulfonamides is 1. The highest BCUT2D eigenvalue weighted by Gasteiger charge is 2.33. The highest BCUT2D eigenvalue weighted by Crippen LogP contribution is 2.31. The summed E-state index contributed by atoms with van der Waals surface area (Å²) in [5.74, 6) is 1.76. The van der Waals surface area contributed by atoms with Gasteiger partial charge in [-0.2, -0.15) is 9.29 Å². The van der Waals surface area contributed by atoms with Crippen molar-refractivity contribution < 1.29 is 22.2 Å². The average molecular weight is 479 g/mol. The average Bonchev–Trinajstić information content (AvgIpc) is 3.40. The number of carbonyl (C=O) groups is 1. The van der Waals surface area contributed by atoms with Crippen LogP contribution in [-0.2, 0) is 21.4 Å². The Bertz CT molecular complexity index is 1230. The van der Waals surface area contributed by atoms with Crippen molar-refractivity contribution in [3.05, 3.63) is 52.8 Å². The van der Waals surface area contributed by atoms with Gasteiger partial charge in [0.2, 0.25) is 27.6 Å². The number of amides is 1. The van der Waals surface area contributed by atoms with Crippen LogP contribution in [0.5, 0.6) is 0 Å². The molecular formula is C21H23ClN4O5S. The van der Waals surface area contributed by atoms with Gasteiger partial charge in [0, 0.05) is 31.5 Å². The maximum Gasteiger partial charge on any atom is 0.244 e. The van der Waals surface area contributed by atoms with Crippen LogP contribution in [0.4, 0.5) is 0 Å². The summed E-state index contributed by atoms with van der Waals surface area (Å²) in [6, 6.07) is 8.25. The number of halogens is 1. The van der Waals surface area contributed by atoms with Crippen molar-refractivity contribution in [3.63, 3.8) is 0 Å². The van der Waals surface area contributed by atoms with E-state index in [1.165, 1.54) is 16.4 Å². The minimum absolute atomic E-state index is 0.0183. The fraction of sp³-hybridized carbons (Fsp3) is 0.381. The summed E-state index contributed by atoms with van der Waals surface area (Å²) in [6.45, 7) is 4.25. The zero-order valence-electron chi connectivity index (χ0n) is 17.7. The van der Waals surface area contributed by atoms with Gasteiger partial charge in [-0.05, 0) is 50.1 Å². The molecule has 1 aliphatic rings. The lowest BCUT2D eigenvalue weighted by Crippen LogP contribution is -2.42. The molecule has 1 amide bonds. The second kappa shape index (κ2) is 9.05.